The predicted molar refractivity (Wildman–Crippen MR) is 82.2 cm³/mol. The Morgan fingerprint density at radius 3 is 2.72 bits per heavy atom. The molecule has 1 aliphatic rings. The van der Waals surface area contributed by atoms with Crippen molar-refractivity contribution in [1.29, 1.82) is 0 Å². The van der Waals surface area contributed by atoms with E-state index in [2.05, 4.69) is 69.9 Å². The zero-order chi connectivity index (χ0) is 12.8. The molecule has 0 saturated carbocycles. The van der Waals surface area contributed by atoms with E-state index < -0.39 is 0 Å². The number of benzene rings is 1. The quantitative estimate of drug-likeness (QED) is 0.677. The molecule has 0 atom stereocenters. The molecule has 2 aromatic rings. The molecule has 1 aromatic heterocycles. The summed E-state index contributed by atoms with van der Waals surface area (Å²) in [6.07, 6.45) is 1.21. The van der Waals surface area contributed by atoms with Crippen LogP contribution >= 0.6 is 15.9 Å². The van der Waals surface area contributed by atoms with Gasteiger partial charge in [0, 0.05) is 0 Å². The molecule has 3 rings (SSSR count). The Labute approximate surface area is 123 Å². The fraction of sp³-hybridized carbons (Fsp3) is 0.333. The molecule has 3 heteroatoms. The van der Waals surface area contributed by atoms with Crippen LogP contribution in [0, 0.1) is 0 Å². The van der Waals surface area contributed by atoms with E-state index >= 15 is 0 Å². The summed E-state index contributed by atoms with van der Waals surface area (Å²) in [6.45, 7) is 5.83. The van der Waals surface area contributed by atoms with Gasteiger partial charge in [-0.3, -0.25) is 0 Å². The first-order chi connectivity index (χ1) is 8.59. The molecule has 94 valence electrons. The van der Waals surface area contributed by atoms with Crippen LogP contribution in [-0.2, 0) is 5.41 Å². The molecule has 2 heterocycles. The minimum atomic E-state index is 0.291. The number of rotatable bonds is 1. The summed E-state index contributed by atoms with van der Waals surface area (Å²) in [4.78, 5) is 4.79. The van der Waals surface area contributed by atoms with E-state index in [0.717, 1.165) is 6.54 Å². The maximum absolute atomic E-state index is 3.69. The molecule has 1 nitrogen and oxygen atoms in total. The summed E-state index contributed by atoms with van der Waals surface area (Å²) in [7, 11) is 0. The third-order valence-corrected chi connectivity index (χ3v) is 6.92. The number of fused-ring (bicyclic) bond motifs is 1. The number of anilines is 2. The Balaban J connectivity index is 2.13. The summed E-state index contributed by atoms with van der Waals surface area (Å²) in [5.74, 6) is 0. The van der Waals surface area contributed by atoms with Crippen LogP contribution in [0.1, 0.15) is 25.8 Å². The summed E-state index contributed by atoms with van der Waals surface area (Å²) < 4.78 is 2.72. The van der Waals surface area contributed by atoms with Gasteiger partial charge in [-0.05, 0) is 0 Å². The number of nitrogens with zero attached hydrogens (tertiary/aromatic N) is 1. The zero-order valence-corrected chi connectivity index (χ0v) is 13.9. The van der Waals surface area contributed by atoms with E-state index in [4.69, 9.17) is 0 Å². The third-order valence-electron chi connectivity index (χ3n) is 3.73. The fourth-order valence-corrected chi connectivity index (χ4v) is 5.59. The number of hydrogen-bond donors (Lipinski definition) is 0. The Bertz CT molecular complexity index is 573. The van der Waals surface area contributed by atoms with Gasteiger partial charge in [-0.1, -0.05) is 0 Å². The average Bonchev–Trinajstić information content (AvgIpc) is 2.76. The van der Waals surface area contributed by atoms with Crippen LogP contribution in [0.4, 0.5) is 10.2 Å². The minimum absolute atomic E-state index is 0.291. The average molecular weight is 369 g/mol. The normalized spacial score (nSPS) is 17.6. The molecule has 0 N–H and O–H groups in total. The van der Waals surface area contributed by atoms with Gasteiger partial charge in [-0.2, -0.15) is 0 Å². The van der Waals surface area contributed by atoms with Gasteiger partial charge in [0.1, 0.15) is 0 Å². The van der Waals surface area contributed by atoms with E-state index in [9.17, 15) is 0 Å². The second-order valence-corrected chi connectivity index (χ2v) is 8.11. The van der Waals surface area contributed by atoms with Crippen molar-refractivity contribution in [3.63, 3.8) is 0 Å². The molecule has 0 amide bonds. The molecule has 0 bridgehead atoms. The molecule has 18 heavy (non-hydrogen) atoms. The Kier molecular flexibility index (Phi) is 3.17. The van der Waals surface area contributed by atoms with E-state index in [-0.39, 0.29) is 0 Å². The van der Waals surface area contributed by atoms with Crippen LogP contribution in [0.25, 0.3) is 0 Å². The van der Waals surface area contributed by atoms with E-state index in [0.29, 0.717) is 19.9 Å². The SMILES string of the molecule is CC1(C)CCN(c2[se]ccc2Br)c2ccccc21. The first kappa shape index (κ1) is 12.5. The van der Waals surface area contributed by atoms with Crippen LogP contribution in [-0.4, -0.2) is 21.0 Å². The topological polar surface area (TPSA) is 3.24 Å². The van der Waals surface area contributed by atoms with Crippen molar-refractivity contribution in [2.45, 2.75) is 25.7 Å². The molecule has 0 saturated heterocycles. The van der Waals surface area contributed by atoms with Crippen LogP contribution in [0.5, 0.6) is 0 Å². The Hall–Kier alpha value is -0.501. The van der Waals surface area contributed by atoms with E-state index in [1.165, 1.54) is 26.7 Å². The molecule has 0 spiro atoms. The van der Waals surface area contributed by atoms with Crippen molar-refractivity contribution in [3.05, 3.63) is 45.3 Å². The number of halogens is 1. The second-order valence-electron chi connectivity index (χ2n) is 5.38. The standard InChI is InChI=1S/C15H16BrNSe/c1-15(2)8-9-17(14-12(16)7-10-18-14)13-6-4-3-5-11(13)15/h3-7,10H,8-9H2,1-2H3. The fourth-order valence-electron chi connectivity index (χ4n) is 2.62. The number of hydrogen-bond acceptors (Lipinski definition) is 1. The van der Waals surface area contributed by atoms with Gasteiger partial charge in [0.2, 0.25) is 0 Å². The van der Waals surface area contributed by atoms with Crippen LogP contribution in [0.15, 0.2) is 39.7 Å². The Morgan fingerprint density at radius 2 is 2.00 bits per heavy atom. The molecular weight excluding hydrogens is 353 g/mol. The first-order valence-electron chi connectivity index (χ1n) is 6.20. The number of para-hydroxylation sites is 1. The van der Waals surface area contributed by atoms with E-state index in [1.807, 2.05) is 0 Å². The van der Waals surface area contributed by atoms with Crippen LogP contribution in [0.3, 0.4) is 0 Å². The van der Waals surface area contributed by atoms with Gasteiger partial charge in [0.15, 0.2) is 0 Å². The van der Waals surface area contributed by atoms with Crippen molar-refractivity contribution in [3.8, 4) is 0 Å². The van der Waals surface area contributed by atoms with Crippen molar-refractivity contribution in [1.82, 2.24) is 0 Å². The predicted octanol–water partition coefficient (Wildman–Crippen LogP) is 4.33. The second kappa shape index (κ2) is 4.55. The maximum atomic E-state index is 3.69. The van der Waals surface area contributed by atoms with Gasteiger partial charge in [-0.15, -0.1) is 0 Å². The van der Waals surface area contributed by atoms with Gasteiger partial charge in [0.05, 0.1) is 0 Å². The van der Waals surface area contributed by atoms with Gasteiger partial charge >= 0.3 is 123 Å². The van der Waals surface area contributed by atoms with E-state index in [1.54, 1.807) is 0 Å². The summed E-state index contributed by atoms with van der Waals surface area (Å²) >= 11 is 4.15. The third kappa shape index (κ3) is 1.99. The summed E-state index contributed by atoms with van der Waals surface area (Å²) in [6, 6.07) is 11.0. The molecular formula is C15H16BrNSe. The monoisotopic (exact) mass is 369 g/mol. The van der Waals surface area contributed by atoms with Crippen LogP contribution < -0.4 is 4.90 Å². The molecule has 0 fully saturated rings. The first-order valence-corrected chi connectivity index (χ1v) is 8.83. The van der Waals surface area contributed by atoms with Crippen LogP contribution in [0.2, 0.25) is 0 Å². The Morgan fingerprint density at radius 1 is 1.22 bits per heavy atom. The summed E-state index contributed by atoms with van der Waals surface area (Å²) in [5, 5.41) is 0. The zero-order valence-electron chi connectivity index (χ0n) is 10.6. The molecule has 0 unspecified atom stereocenters. The molecule has 1 aliphatic heterocycles. The van der Waals surface area contributed by atoms with Crippen molar-refractivity contribution in [2.75, 3.05) is 11.4 Å². The van der Waals surface area contributed by atoms with Gasteiger partial charge in [0.25, 0.3) is 0 Å². The van der Waals surface area contributed by atoms with Crippen molar-refractivity contribution < 1.29 is 0 Å². The van der Waals surface area contributed by atoms with Crippen molar-refractivity contribution in [2.24, 2.45) is 0 Å². The van der Waals surface area contributed by atoms with Gasteiger partial charge in [-0.25, -0.2) is 0 Å². The summed E-state index contributed by atoms with van der Waals surface area (Å²) in [5.41, 5.74) is 3.16. The molecule has 1 aromatic carbocycles. The van der Waals surface area contributed by atoms with Crippen molar-refractivity contribution >= 4 is 40.7 Å². The molecule has 0 aliphatic carbocycles. The van der Waals surface area contributed by atoms with Gasteiger partial charge < -0.3 is 0 Å². The molecule has 0 radical (unpaired) electrons.